The van der Waals surface area contributed by atoms with Gasteiger partial charge in [0, 0.05) is 32.6 Å². The number of guanidine groups is 1. The van der Waals surface area contributed by atoms with E-state index in [9.17, 15) is 26.3 Å². The van der Waals surface area contributed by atoms with Gasteiger partial charge in [0.15, 0.2) is 5.96 Å². The number of likely N-dealkylation sites (N-methyl/N-ethyl adjacent to an activating group) is 2. The first-order chi connectivity index (χ1) is 18.8. The Kier molecular flexibility index (Phi) is 8.81. The van der Waals surface area contributed by atoms with Gasteiger partial charge in [0.25, 0.3) is 0 Å². The summed E-state index contributed by atoms with van der Waals surface area (Å²) in [5.74, 6) is 0.661. The lowest BCUT2D eigenvalue weighted by molar-refractivity contribution is -0.199. The van der Waals surface area contributed by atoms with E-state index in [1.54, 1.807) is 11.9 Å². The highest BCUT2D eigenvalue weighted by molar-refractivity contribution is 5.80. The number of hydrogen-bond donors (Lipinski definition) is 5. The van der Waals surface area contributed by atoms with Crippen LogP contribution in [0, 0.1) is 23.2 Å². The minimum atomic E-state index is -4.40. The van der Waals surface area contributed by atoms with E-state index in [2.05, 4.69) is 26.2 Å². The number of piperidine rings is 1. The lowest BCUT2D eigenvalue weighted by Gasteiger charge is -2.45. The van der Waals surface area contributed by atoms with Crippen LogP contribution in [0.4, 0.5) is 26.3 Å². The predicted octanol–water partition coefficient (Wildman–Crippen LogP) is 1.89. The van der Waals surface area contributed by atoms with E-state index in [4.69, 9.17) is 10.1 Å². The summed E-state index contributed by atoms with van der Waals surface area (Å²) in [5, 5.41) is 21.7. The maximum absolute atomic E-state index is 13.2. The van der Waals surface area contributed by atoms with Crippen molar-refractivity contribution in [3.8, 4) is 0 Å². The van der Waals surface area contributed by atoms with Gasteiger partial charge in [0.05, 0.1) is 18.4 Å². The summed E-state index contributed by atoms with van der Waals surface area (Å²) in [7, 11) is 3.63. The lowest BCUT2D eigenvalue weighted by atomic mass is 9.80. The van der Waals surface area contributed by atoms with Crippen molar-refractivity contribution in [1.82, 2.24) is 36.0 Å². The molecule has 5 aliphatic rings. The van der Waals surface area contributed by atoms with Gasteiger partial charge in [-0.2, -0.15) is 26.3 Å². The molecular weight excluding hydrogens is 542 g/mol. The summed E-state index contributed by atoms with van der Waals surface area (Å²) in [6.07, 6.45) is -5.14. The highest BCUT2D eigenvalue weighted by Gasteiger charge is 2.50. The molecule has 9 nitrogen and oxygen atoms in total. The molecule has 4 heterocycles. The zero-order valence-electron chi connectivity index (χ0n) is 23.0. The van der Waals surface area contributed by atoms with E-state index in [0.717, 1.165) is 32.1 Å². The molecule has 1 aliphatic carbocycles. The van der Waals surface area contributed by atoms with Crippen molar-refractivity contribution in [2.24, 2.45) is 17.8 Å². The second-order valence-electron chi connectivity index (χ2n) is 12.2. The molecule has 5 fully saturated rings. The molecule has 0 aromatic rings. The van der Waals surface area contributed by atoms with Crippen LogP contribution in [0.15, 0.2) is 0 Å². The summed E-state index contributed by atoms with van der Waals surface area (Å²) < 4.78 is 83.5. The third kappa shape index (κ3) is 6.48. The molecule has 7 unspecified atom stereocenters. The van der Waals surface area contributed by atoms with Crippen LogP contribution in [0.1, 0.15) is 38.5 Å². The number of hydrogen-bond acceptors (Lipinski definition) is 7. The van der Waals surface area contributed by atoms with Crippen molar-refractivity contribution < 1.29 is 31.1 Å². The maximum Gasteiger partial charge on any atom is 0.411 e. The summed E-state index contributed by atoms with van der Waals surface area (Å²) >= 11 is 0. The first-order valence-electron chi connectivity index (χ1n) is 14.3. The molecule has 0 aromatic heterocycles. The lowest BCUT2D eigenvalue weighted by Crippen LogP contribution is -2.69. The van der Waals surface area contributed by atoms with E-state index >= 15 is 0 Å². The molecule has 4 saturated heterocycles. The summed E-state index contributed by atoms with van der Waals surface area (Å²) in [6, 6.07) is -1.49. The fourth-order valence-electron chi connectivity index (χ4n) is 7.37. The van der Waals surface area contributed by atoms with Crippen molar-refractivity contribution >= 4 is 5.96 Å². The van der Waals surface area contributed by atoms with Gasteiger partial charge in [-0.05, 0) is 64.0 Å². The van der Waals surface area contributed by atoms with E-state index in [1.165, 1.54) is 0 Å². The largest absolute Gasteiger partial charge is 0.411 e. The second-order valence-corrected chi connectivity index (χ2v) is 12.2. The zero-order chi connectivity index (χ0) is 28.8. The van der Waals surface area contributed by atoms with E-state index < -0.39 is 31.2 Å². The Morgan fingerprint density at radius 1 is 0.950 bits per heavy atom. The first-order valence-corrected chi connectivity index (χ1v) is 14.3. The monoisotopic (exact) mass is 584 g/mol. The Morgan fingerprint density at radius 2 is 1.68 bits per heavy atom. The normalized spacial score (nSPS) is 40.1. The third-order valence-electron chi connectivity index (χ3n) is 9.51. The van der Waals surface area contributed by atoms with Crippen LogP contribution in [-0.4, -0.2) is 117 Å². The Morgan fingerprint density at radius 3 is 2.33 bits per heavy atom. The zero-order valence-corrected chi connectivity index (χ0v) is 23.0. The van der Waals surface area contributed by atoms with Gasteiger partial charge in [0.1, 0.15) is 25.0 Å². The van der Waals surface area contributed by atoms with Crippen LogP contribution in [0.3, 0.4) is 0 Å². The number of fused-ring (bicyclic) bond motifs is 1. The van der Waals surface area contributed by atoms with Crippen LogP contribution in [0.25, 0.3) is 0 Å². The SMILES string of the molecule is CN1CC(C(F)(F)F)NC1C1CCC(CN2C(=N)N(C)C3CNC(C4CCCNC4OCC(F)(F)F)NC32)CC1. The Bertz CT molecular complexity index is 884. The third-order valence-corrected chi connectivity index (χ3v) is 9.51. The summed E-state index contributed by atoms with van der Waals surface area (Å²) in [4.78, 5) is 5.77. The molecule has 230 valence electrons. The first kappa shape index (κ1) is 30.1. The molecule has 5 rings (SSSR count). The van der Waals surface area contributed by atoms with Crippen LogP contribution in [0.5, 0.6) is 0 Å². The van der Waals surface area contributed by atoms with Crippen molar-refractivity contribution in [2.45, 2.75) is 87.7 Å². The minimum Gasteiger partial charge on any atom is -0.354 e. The second kappa shape index (κ2) is 11.7. The molecular formula is C25H42F6N8O. The highest BCUT2D eigenvalue weighted by Crippen LogP contribution is 2.37. The van der Waals surface area contributed by atoms with Gasteiger partial charge >= 0.3 is 12.4 Å². The predicted molar refractivity (Wildman–Crippen MR) is 136 cm³/mol. The average Bonchev–Trinajstić information content (AvgIpc) is 3.41. The van der Waals surface area contributed by atoms with Crippen molar-refractivity contribution in [2.75, 3.05) is 46.9 Å². The van der Waals surface area contributed by atoms with Gasteiger partial charge in [-0.3, -0.25) is 31.6 Å². The number of ether oxygens (including phenoxy) is 1. The highest BCUT2D eigenvalue weighted by atomic mass is 19.4. The van der Waals surface area contributed by atoms with E-state index in [-0.39, 0.29) is 42.9 Å². The molecule has 40 heavy (non-hydrogen) atoms. The van der Waals surface area contributed by atoms with Crippen molar-refractivity contribution in [3.05, 3.63) is 0 Å². The number of halogens is 6. The van der Waals surface area contributed by atoms with Crippen LogP contribution < -0.4 is 21.3 Å². The topological polar surface area (TPSA) is 90.9 Å². The molecule has 4 aliphatic heterocycles. The van der Waals surface area contributed by atoms with Crippen molar-refractivity contribution in [1.29, 1.82) is 5.41 Å². The molecule has 0 amide bonds. The number of rotatable bonds is 6. The summed E-state index contributed by atoms with van der Waals surface area (Å²) in [6.45, 7) is 0.516. The fraction of sp³-hybridized carbons (Fsp3) is 0.960. The molecule has 7 atom stereocenters. The molecule has 0 spiro atoms. The molecule has 0 aromatic carbocycles. The van der Waals surface area contributed by atoms with Gasteiger partial charge in [-0.1, -0.05) is 0 Å². The summed E-state index contributed by atoms with van der Waals surface area (Å²) in [5.41, 5.74) is 0. The van der Waals surface area contributed by atoms with E-state index in [1.807, 2.05) is 11.9 Å². The van der Waals surface area contributed by atoms with Gasteiger partial charge in [-0.15, -0.1) is 0 Å². The van der Waals surface area contributed by atoms with Crippen LogP contribution in [0.2, 0.25) is 0 Å². The molecule has 0 radical (unpaired) electrons. The van der Waals surface area contributed by atoms with Crippen molar-refractivity contribution in [3.63, 3.8) is 0 Å². The quantitative estimate of drug-likeness (QED) is 0.303. The standard InChI is InChI=1S/C25H42F6N8O/c1-37-12-18(25(29,30)31)35-20(37)15-7-5-14(6-8-15)11-39-21-17(38(2)23(39)32)10-34-19(36-21)16-4-3-9-33-22(16)40-13-24(26,27)28/h14-22,32-36H,3-13H2,1-2H3. The van der Waals surface area contributed by atoms with Crippen LogP contribution in [-0.2, 0) is 4.74 Å². The number of alkyl halides is 6. The minimum absolute atomic E-state index is 0.00169. The number of nitrogens with zero attached hydrogens (tertiary/aromatic N) is 3. The Hall–Kier alpha value is -1.39. The van der Waals surface area contributed by atoms with Gasteiger partial charge < -0.3 is 14.5 Å². The number of nitrogens with one attached hydrogen (secondary N) is 5. The molecule has 0 bridgehead atoms. The molecule has 15 heteroatoms. The molecule has 5 N–H and O–H groups in total. The molecule has 1 saturated carbocycles. The fourth-order valence-corrected chi connectivity index (χ4v) is 7.37. The van der Waals surface area contributed by atoms with Gasteiger partial charge in [-0.25, -0.2) is 0 Å². The average molecular weight is 585 g/mol. The Labute approximate surface area is 231 Å². The van der Waals surface area contributed by atoms with Crippen LogP contribution >= 0.6 is 0 Å². The Balaban J connectivity index is 1.18. The van der Waals surface area contributed by atoms with Gasteiger partial charge in [0.2, 0.25) is 0 Å². The smallest absolute Gasteiger partial charge is 0.354 e. The van der Waals surface area contributed by atoms with E-state index in [0.29, 0.717) is 37.9 Å². The maximum atomic E-state index is 13.2.